The van der Waals surface area contributed by atoms with Crippen molar-refractivity contribution in [1.29, 1.82) is 0 Å². The molecule has 7 rings (SSSR count). The summed E-state index contributed by atoms with van der Waals surface area (Å²) in [4.78, 5) is 159. The number of hydrogen-bond donors (Lipinski definition) is 12. The highest BCUT2D eigenvalue weighted by Gasteiger charge is 2.32. The number of allylic oxidation sites excluding steroid dienone is 1. The summed E-state index contributed by atoms with van der Waals surface area (Å²) < 4.78 is 22.7. The highest BCUT2D eigenvalue weighted by atomic mass is 32.1. The van der Waals surface area contributed by atoms with E-state index in [-0.39, 0.29) is 96.0 Å². The number of fused-ring (bicyclic) bond motifs is 13. The number of amides is 10. The van der Waals surface area contributed by atoms with Crippen LogP contribution in [0.4, 0.5) is 0 Å². The molecule has 4 atom stereocenters. The van der Waals surface area contributed by atoms with Crippen LogP contribution in [-0.4, -0.2) is 125 Å². The summed E-state index contributed by atoms with van der Waals surface area (Å²) >= 11 is 1.80. The molecule has 3 unspecified atom stereocenters. The second kappa shape index (κ2) is 27.2. The Morgan fingerprint density at radius 3 is 1.91 bits per heavy atom. The zero-order valence-electron chi connectivity index (χ0n) is 47.1. The Labute approximate surface area is 504 Å². The van der Waals surface area contributed by atoms with Gasteiger partial charge in [-0.1, -0.05) is 39.0 Å². The molecule has 1 aliphatic rings. The maximum absolute atomic E-state index is 14.0. The number of methoxy groups -OCH3 is 1. The van der Waals surface area contributed by atoms with Crippen LogP contribution < -0.4 is 53.6 Å². The third kappa shape index (κ3) is 15.0. The van der Waals surface area contributed by atoms with Crippen molar-refractivity contribution in [1.82, 2.24) is 77.8 Å². The molecule has 10 bridgehead atoms. The Morgan fingerprint density at radius 1 is 0.682 bits per heavy atom. The number of aliphatic hydroxyl groups is 2. The van der Waals surface area contributed by atoms with Crippen LogP contribution in [0.5, 0.6) is 0 Å². The summed E-state index contributed by atoms with van der Waals surface area (Å²) in [6.07, 6.45) is -0.570. The molecule has 6 aromatic rings. The van der Waals surface area contributed by atoms with Crippen molar-refractivity contribution >= 4 is 98.8 Å². The summed E-state index contributed by atoms with van der Waals surface area (Å²) in [5.74, 6) is -11.1. The smallest absolute Gasteiger partial charge is 0.278 e. The Bertz CT molecular complexity index is 4030. The highest BCUT2D eigenvalue weighted by molar-refractivity contribution is 7.13. The number of carbonyl (C=O) groups excluding carboxylic acids is 10. The van der Waals surface area contributed by atoms with Crippen molar-refractivity contribution in [2.24, 2.45) is 5.73 Å². The van der Waals surface area contributed by atoms with E-state index in [4.69, 9.17) is 23.7 Å². The number of carbonyl (C=O) groups is 10. The van der Waals surface area contributed by atoms with Gasteiger partial charge in [0.1, 0.15) is 73.7 Å². The van der Waals surface area contributed by atoms with Crippen molar-refractivity contribution in [3.8, 4) is 22.0 Å². The molecule has 32 nitrogen and oxygen atoms in total. The molecule has 0 radical (unpaired) electrons. The van der Waals surface area contributed by atoms with Gasteiger partial charge in [-0.2, -0.15) is 0 Å². The lowest BCUT2D eigenvalue weighted by molar-refractivity contribution is -0.124. The summed E-state index contributed by atoms with van der Waals surface area (Å²) in [6.45, 7) is 24.5. The first-order valence-corrected chi connectivity index (χ1v) is 27.0. The highest BCUT2D eigenvalue weighted by Crippen LogP contribution is 2.34. The van der Waals surface area contributed by atoms with Gasteiger partial charge in [0.15, 0.2) is 17.6 Å². The maximum atomic E-state index is 14.0. The second-order valence-corrected chi connectivity index (χ2v) is 20.1. The molecule has 13 N–H and O–H groups in total. The van der Waals surface area contributed by atoms with Crippen molar-refractivity contribution in [3.05, 3.63) is 160 Å². The number of nitrogens with one attached hydrogen (secondary N) is 9. The van der Waals surface area contributed by atoms with Gasteiger partial charge >= 0.3 is 0 Å². The Hall–Kier alpha value is -11.2. The number of hydrogen-bond acceptors (Lipinski definition) is 24. The summed E-state index contributed by atoms with van der Waals surface area (Å²) in [7, 11) is 1.25. The number of pyridine rings is 1. The molecule has 88 heavy (non-hydrogen) atoms. The van der Waals surface area contributed by atoms with Gasteiger partial charge in [-0.3, -0.25) is 47.9 Å². The number of thiazole rings is 2. The SMILES string of the molecule is C=C(NC(=O)C(=C)NC(=O)C(=C)NC(=O)c1ccc2c(n1)-c1coc(n1)C(=C)NC(=O)C(=C)NC(=O)c1nc(oc1C)/C(=C/C)NC(=O)c1csc(n1)C(OC)NC(=O)c1nc(oc1C)/C(=C/C(C)O)NC(=O)C([C@@H](C)O)NC(=O)c1csc-2n1)C(N)=O. The third-order valence-corrected chi connectivity index (χ3v) is 13.5. The lowest BCUT2D eigenvalue weighted by Gasteiger charge is -2.21. The summed E-state index contributed by atoms with van der Waals surface area (Å²) in [5, 5.41) is 45.2. The van der Waals surface area contributed by atoms with Gasteiger partial charge in [-0.15, -0.1) is 22.7 Å². The Kier molecular flexibility index (Phi) is 19.9. The van der Waals surface area contributed by atoms with E-state index in [1.807, 2.05) is 5.32 Å². The molecule has 0 fully saturated rings. The summed E-state index contributed by atoms with van der Waals surface area (Å²) in [5.41, 5.74) is 0.510. The maximum Gasteiger partial charge on any atom is 0.278 e. The quantitative estimate of drug-likeness (QED) is 0.0855. The van der Waals surface area contributed by atoms with E-state index in [9.17, 15) is 58.2 Å². The number of ether oxygens (including phenoxy) is 1. The van der Waals surface area contributed by atoms with Crippen molar-refractivity contribution < 1.29 is 76.1 Å². The molecular formula is C54H52N16O16S2. The van der Waals surface area contributed by atoms with Crippen molar-refractivity contribution in [2.75, 3.05) is 7.11 Å². The number of rotatable bonds is 10. The van der Waals surface area contributed by atoms with E-state index < -0.39 is 112 Å². The van der Waals surface area contributed by atoms with Gasteiger partial charge in [0.05, 0.1) is 40.7 Å². The Balaban J connectivity index is 1.23. The molecule has 6 aromatic heterocycles. The fourth-order valence-corrected chi connectivity index (χ4v) is 8.98. The number of primary amides is 1. The molecular weight excluding hydrogens is 1190 g/mol. The Morgan fingerprint density at radius 2 is 1.28 bits per heavy atom. The predicted molar refractivity (Wildman–Crippen MR) is 309 cm³/mol. The predicted octanol–water partition coefficient (Wildman–Crippen LogP) is 1.13. The van der Waals surface area contributed by atoms with Crippen LogP contribution in [0.1, 0.15) is 114 Å². The topological polar surface area (TPSA) is 471 Å². The van der Waals surface area contributed by atoms with Gasteiger partial charge in [0, 0.05) is 23.4 Å². The van der Waals surface area contributed by atoms with Crippen molar-refractivity contribution in [3.63, 3.8) is 0 Å². The first-order valence-electron chi connectivity index (χ1n) is 25.2. The minimum absolute atomic E-state index is 0.00328. The number of aliphatic hydroxyl groups excluding tert-OH is 2. The molecule has 34 heteroatoms. The minimum Gasteiger partial charge on any atom is -0.443 e. The van der Waals surface area contributed by atoms with Crippen molar-refractivity contribution in [2.45, 2.75) is 59.1 Å². The van der Waals surface area contributed by atoms with Crippen LogP contribution in [0.3, 0.4) is 0 Å². The largest absolute Gasteiger partial charge is 0.443 e. The van der Waals surface area contributed by atoms with E-state index in [2.05, 4.69) is 105 Å². The van der Waals surface area contributed by atoms with E-state index in [0.29, 0.717) is 0 Å². The molecule has 456 valence electrons. The van der Waals surface area contributed by atoms with Gasteiger partial charge < -0.3 is 81.8 Å². The zero-order valence-corrected chi connectivity index (χ0v) is 48.7. The van der Waals surface area contributed by atoms with E-state index >= 15 is 0 Å². The van der Waals surface area contributed by atoms with Crippen LogP contribution in [0.2, 0.25) is 0 Å². The first-order chi connectivity index (χ1) is 41.6. The molecule has 0 aliphatic carbocycles. The fourth-order valence-electron chi connectivity index (χ4n) is 7.34. The lowest BCUT2D eigenvalue weighted by Crippen LogP contribution is -2.52. The van der Waals surface area contributed by atoms with Crippen LogP contribution in [0.15, 0.2) is 110 Å². The monoisotopic (exact) mass is 1240 g/mol. The standard InChI is InChI=1S/C54H52N16O16S2/c1-12-29-50-68-36(26(9)85-50)47(81)59-23(6)42(76)60-24(7)49-64-32(16-84-49)38-28(13-14-30(61-38)43(77)58-22(5)41(75)57-21(4)40(74)56-20(3)39(55)73)53-65-34(17-87-53)45(79)67-35(25(8)72)46(80)63-31(15-19(2)71)51-69-37(27(10)86-51)48(82)70-52(83-11)54-66-33(18-88-54)44(78)62-29/h12-19,25,35,52,71-72H,3-7H2,1-2,8-11H3,(H2,55,73)(H,56,74)(H,57,75)(H,58,77)(H,59,81)(H,60,76)(H,62,78)(H,63,80)(H,67,79)(H,70,82)/b29-12-,31-15-/t19?,25-,35?,52?/m1/s1. The molecule has 0 aromatic carbocycles. The molecule has 7 heterocycles. The minimum atomic E-state index is -1.74. The number of nitrogens with zero attached hydrogens (tertiary/aromatic N) is 6. The molecule has 10 amide bonds. The van der Waals surface area contributed by atoms with E-state index in [0.717, 1.165) is 35.0 Å². The average Bonchev–Trinajstić information content (AvgIpc) is 2.95. The third-order valence-electron chi connectivity index (χ3n) is 11.8. The second-order valence-electron chi connectivity index (χ2n) is 18.4. The number of oxazole rings is 3. The first kappa shape index (κ1) is 64.4. The molecule has 0 saturated heterocycles. The average molecular weight is 1250 g/mol. The van der Waals surface area contributed by atoms with Gasteiger partial charge in [0.25, 0.3) is 53.2 Å². The number of aryl methyl sites for hydroxylation is 2. The van der Waals surface area contributed by atoms with Gasteiger partial charge in [0.2, 0.25) is 23.6 Å². The normalized spacial score (nSPS) is 17.0. The lowest BCUT2D eigenvalue weighted by atomic mass is 10.1. The van der Waals surface area contributed by atoms with E-state index in [1.54, 1.807) is 6.92 Å². The van der Waals surface area contributed by atoms with Crippen LogP contribution >= 0.6 is 22.7 Å². The number of aromatic nitrogens is 6. The van der Waals surface area contributed by atoms with Gasteiger partial charge in [-0.25, -0.2) is 29.9 Å². The van der Waals surface area contributed by atoms with Crippen LogP contribution in [0.25, 0.3) is 39.1 Å². The number of nitrogens with two attached hydrogens (primary N) is 1. The fraction of sp³-hybridized carbons (Fsp3) is 0.185. The van der Waals surface area contributed by atoms with Crippen LogP contribution in [-0.2, 0) is 28.7 Å². The molecule has 0 saturated carbocycles. The molecule has 0 spiro atoms. The molecule has 1 aliphatic heterocycles. The van der Waals surface area contributed by atoms with E-state index in [1.165, 1.54) is 63.8 Å². The van der Waals surface area contributed by atoms with Crippen LogP contribution in [0, 0.1) is 13.8 Å². The zero-order chi connectivity index (χ0) is 64.6. The summed E-state index contributed by atoms with van der Waals surface area (Å²) in [6, 6.07) is 0.772. The van der Waals surface area contributed by atoms with Gasteiger partial charge in [-0.05, 0) is 52.8 Å².